The molecule has 1 aromatic rings. The zero-order chi connectivity index (χ0) is 13.5. The summed E-state index contributed by atoms with van der Waals surface area (Å²) in [6, 6.07) is 6.68. The fraction of sp³-hybridized carbons (Fsp3) is 0.357. The van der Waals surface area contributed by atoms with E-state index in [2.05, 4.69) is 11.9 Å². The molecule has 1 aromatic carbocycles. The van der Waals surface area contributed by atoms with Crippen molar-refractivity contribution in [3.8, 4) is 5.75 Å². The van der Waals surface area contributed by atoms with Crippen LogP contribution in [-0.2, 0) is 4.79 Å². The van der Waals surface area contributed by atoms with E-state index in [1.54, 1.807) is 18.2 Å². The Kier molecular flexibility index (Phi) is 5.39. The molecule has 1 atom stereocenters. The first-order valence-corrected chi connectivity index (χ1v) is 5.94. The highest BCUT2D eigenvalue weighted by Gasteiger charge is 2.17. The Morgan fingerprint density at radius 3 is 2.89 bits per heavy atom. The van der Waals surface area contributed by atoms with Gasteiger partial charge in [0.15, 0.2) is 0 Å². The van der Waals surface area contributed by atoms with Gasteiger partial charge in [0.1, 0.15) is 12.4 Å². The van der Waals surface area contributed by atoms with Crippen LogP contribution in [0.2, 0.25) is 0 Å². The molecular formula is C14H20N2O2. The first kappa shape index (κ1) is 14.3. The number of anilines is 1. The fourth-order valence-corrected chi connectivity index (χ4v) is 1.35. The van der Waals surface area contributed by atoms with Gasteiger partial charge in [0.2, 0.25) is 5.91 Å². The molecule has 18 heavy (non-hydrogen) atoms. The number of hydrogen-bond donors (Lipinski definition) is 2. The number of ether oxygens (including phenoxy) is 1. The molecule has 0 aliphatic heterocycles. The molecule has 98 valence electrons. The van der Waals surface area contributed by atoms with Crippen LogP contribution in [0.5, 0.6) is 5.75 Å². The third kappa shape index (κ3) is 4.22. The number of nitrogens with one attached hydrogen (secondary N) is 1. The van der Waals surface area contributed by atoms with E-state index in [-0.39, 0.29) is 11.8 Å². The molecular weight excluding hydrogens is 228 g/mol. The summed E-state index contributed by atoms with van der Waals surface area (Å²) in [6.07, 6.45) is 1.67. The van der Waals surface area contributed by atoms with Gasteiger partial charge in [-0.2, -0.15) is 0 Å². The summed E-state index contributed by atoms with van der Waals surface area (Å²) in [4.78, 5) is 11.8. The molecule has 0 aromatic heterocycles. The summed E-state index contributed by atoms with van der Waals surface area (Å²) >= 11 is 0. The van der Waals surface area contributed by atoms with Crippen molar-refractivity contribution in [1.29, 1.82) is 0 Å². The first-order valence-electron chi connectivity index (χ1n) is 5.94. The summed E-state index contributed by atoms with van der Waals surface area (Å²) in [5.41, 5.74) is 6.45. The van der Waals surface area contributed by atoms with E-state index >= 15 is 0 Å². The van der Waals surface area contributed by atoms with E-state index in [1.165, 1.54) is 0 Å². The monoisotopic (exact) mass is 248 g/mol. The van der Waals surface area contributed by atoms with Crippen molar-refractivity contribution in [2.75, 3.05) is 11.9 Å². The Balaban J connectivity index is 2.67. The predicted octanol–water partition coefficient (Wildman–Crippen LogP) is 2.17. The van der Waals surface area contributed by atoms with E-state index in [0.29, 0.717) is 18.0 Å². The van der Waals surface area contributed by atoms with E-state index in [1.807, 2.05) is 26.0 Å². The smallest absolute Gasteiger partial charge is 0.241 e. The second-order valence-corrected chi connectivity index (χ2v) is 4.39. The Bertz CT molecular complexity index is 416. The van der Waals surface area contributed by atoms with Crippen LogP contribution in [0.1, 0.15) is 13.8 Å². The highest BCUT2D eigenvalue weighted by molar-refractivity contribution is 5.94. The molecule has 0 bridgehead atoms. The Morgan fingerprint density at radius 2 is 2.28 bits per heavy atom. The van der Waals surface area contributed by atoms with Crippen LogP contribution in [0, 0.1) is 5.92 Å². The lowest BCUT2D eigenvalue weighted by atomic mass is 10.0. The number of amides is 1. The first-order chi connectivity index (χ1) is 8.54. The van der Waals surface area contributed by atoms with Gasteiger partial charge in [-0.05, 0) is 18.1 Å². The van der Waals surface area contributed by atoms with Gasteiger partial charge in [0.25, 0.3) is 0 Å². The SMILES string of the molecule is C=CCOc1cccc(NC(=O)[C@@H](N)C(C)C)c1. The Hall–Kier alpha value is -1.81. The van der Waals surface area contributed by atoms with Gasteiger partial charge in [0, 0.05) is 11.8 Å². The van der Waals surface area contributed by atoms with E-state index in [4.69, 9.17) is 10.5 Å². The zero-order valence-electron chi connectivity index (χ0n) is 10.8. The molecule has 4 heteroatoms. The number of rotatable bonds is 6. The zero-order valence-corrected chi connectivity index (χ0v) is 10.8. The molecule has 0 spiro atoms. The van der Waals surface area contributed by atoms with Crippen molar-refractivity contribution in [3.05, 3.63) is 36.9 Å². The third-order valence-corrected chi connectivity index (χ3v) is 2.49. The Morgan fingerprint density at radius 1 is 1.56 bits per heavy atom. The summed E-state index contributed by atoms with van der Waals surface area (Å²) < 4.78 is 5.38. The van der Waals surface area contributed by atoms with Gasteiger partial charge in [-0.15, -0.1) is 0 Å². The van der Waals surface area contributed by atoms with Crippen molar-refractivity contribution in [2.24, 2.45) is 11.7 Å². The lowest BCUT2D eigenvalue weighted by Crippen LogP contribution is -2.39. The van der Waals surface area contributed by atoms with Crippen molar-refractivity contribution in [3.63, 3.8) is 0 Å². The summed E-state index contributed by atoms with van der Waals surface area (Å²) in [5, 5.41) is 2.77. The maximum atomic E-state index is 11.8. The largest absolute Gasteiger partial charge is 0.489 e. The average Bonchev–Trinajstić information content (AvgIpc) is 2.35. The van der Waals surface area contributed by atoms with Crippen LogP contribution >= 0.6 is 0 Å². The van der Waals surface area contributed by atoms with Crippen molar-refractivity contribution in [1.82, 2.24) is 0 Å². The van der Waals surface area contributed by atoms with Gasteiger partial charge in [-0.3, -0.25) is 4.79 Å². The predicted molar refractivity (Wildman–Crippen MR) is 73.6 cm³/mol. The maximum Gasteiger partial charge on any atom is 0.241 e. The van der Waals surface area contributed by atoms with Crippen molar-refractivity contribution in [2.45, 2.75) is 19.9 Å². The molecule has 1 amide bonds. The lowest BCUT2D eigenvalue weighted by molar-refractivity contribution is -0.118. The highest BCUT2D eigenvalue weighted by atomic mass is 16.5. The molecule has 0 aliphatic rings. The molecule has 4 nitrogen and oxygen atoms in total. The van der Waals surface area contributed by atoms with Gasteiger partial charge in [0.05, 0.1) is 6.04 Å². The number of nitrogens with two attached hydrogens (primary N) is 1. The molecule has 1 rings (SSSR count). The third-order valence-electron chi connectivity index (χ3n) is 2.49. The van der Waals surface area contributed by atoms with Gasteiger partial charge in [-0.1, -0.05) is 32.6 Å². The molecule has 0 heterocycles. The standard InChI is InChI=1S/C14H20N2O2/c1-4-8-18-12-7-5-6-11(9-12)16-14(17)13(15)10(2)3/h4-7,9-10,13H,1,8,15H2,2-3H3,(H,16,17)/t13-/m0/s1. The Labute approximate surface area is 108 Å². The van der Waals surface area contributed by atoms with Crippen LogP contribution in [0.15, 0.2) is 36.9 Å². The summed E-state index contributed by atoms with van der Waals surface area (Å²) in [6.45, 7) is 7.83. The van der Waals surface area contributed by atoms with E-state index < -0.39 is 6.04 Å². The highest BCUT2D eigenvalue weighted by Crippen LogP contribution is 2.17. The maximum absolute atomic E-state index is 11.8. The minimum Gasteiger partial charge on any atom is -0.489 e. The second-order valence-electron chi connectivity index (χ2n) is 4.39. The second kappa shape index (κ2) is 6.81. The average molecular weight is 248 g/mol. The number of benzene rings is 1. The van der Waals surface area contributed by atoms with Gasteiger partial charge < -0.3 is 15.8 Å². The van der Waals surface area contributed by atoms with Crippen molar-refractivity contribution < 1.29 is 9.53 Å². The van der Waals surface area contributed by atoms with E-state index in [0.717, 1.165) is 0 Å². The van der Waals surface area contributed by atoms with Crippen LogP contribution in [0.25, 0.3) is 0 Å². The van der Waals surface area contributed by atoms with Gasteiger partial charge >= 0.3 is 0 Å². The molecule has 0 aliphatic carbocycles. The van der Waals surface area contributed by atoms with Crippen LogP contribution in [0.4, 0.5) is 5.69 Å². The normalized spacial score (nSPS) is 12.0. The fourth-order valence-electron chi connectivity index (χ4n) is 1.35. The number of carbonyl (C=O) groups is 1. The summed E-state index contributed by atoms with van der Waals surface area (Å²) in [5.74, 6) is 0.599. The summed E-state index contributed by atoms with van der Waals surface area (Å²) in [7, 11) is 0. The molecule has 0 saturated carbocycles. The van der Waals surface area contributed by atoms with E-state index in [9.17, 15) is 4.79 Å². The van der Waals surface area contributed by atoms with Gasteiger partial charge in [-0.25, -0.2) is 0 Å². The quantitative estimate of drug-likeness (QED) is 0.758. The topological polar surface area (TPSA) is 64.3 Å². The molecule has 3 N–H and O–H groups in total. The molecule has 0 saturated heterocycles. The minimum absolute atomic E-state index is 0.102. The van der Waals surface area contributed by atoms with Crippen LogP contribution in [0.3, 0.4) is 0 Å². The number of hydrogen-bond acceptors (Lipinski definition) is 3. The molecule has 0 radical (unpaired) electrons. The molecule has 0 fully saturated rings. The number of carbonyl (C=O) groups excluding carboxylic acids is 1. The van der Waals surface area contributed by atoms with Crippen LogP contribution < -0.4 is 15.8 Å². The molecule has 0 unspecified atom stereocenters. The van der Waals surface area contributed by atoms with Crippen LogP contribution in [-0.4, -0.2) is 18.6 Å². The van der Waals surface area contributed by atoms with Crippen molar-refractivity contribution >= 4 is 11.6 Å². The lowest BCUT2D eigenvalue weighted by Gasteiger charge is -2.15. The minimum atomic E-state index is -0.511.